The molecule has 1 N–H and O–H groups in total. The van der Waals surface area contributed by atoms with Crippen molar-refractivity contribution in [3.63, 3.8) is 0 Å². The van der Waals surface area contributed by atoms with Crippen molar-refractivity contribution < 1.29 is 0 Å². The van der Waals surface area contributed by atoms with Gasteiger partial charge >= 0.3 is 0 Å². The van der Waals surface area contributed by atoms with Crippen LogP contribution in [-0.4, -0.2) is 35.6 Å². The van der Waals surface area contributed by atoms with Crippen molar-refractivity contribution in [2.24, 2.45) is 0 Å². The van der Waals surface area contributed by atoms with E-state index in [4.69, 9.17) is 5.26 Å². The van der Waals surface area contributed by atoms with Crippen LogP contribution in [-0.2, 0) is 6.54 Å². The van der Waals surface area contributed by atoms with Gasteiger partial charge in [-0.05, 0) is 18.6 Å². The molecule has 0 saturated carbocycles. The Hall–Kier alpha value is -1.44. The first-order valence-corrected chi connectivity index (χ1v) is 5.61. The number of aromatic nitrogens is 1. The molecule has 84 valence electrons. The molecule has 1 aromatic rings. The van der Waals surface area contributed by atoms with Crippen LogP contribution in [0, 0.1) is 11.3 Å². The maximum Gasteiger partial charge on any atom is 0.0843 e. The Balaban J connectivity index is 1.79. The van der Waals surface area contributed by atoms with Crippen molar-refractivity contribution in [1.82, 2.24) is 15.2 Å². The Morgan fingerprint density at radius 2 is 2.50 bits per heavy atom. The number of pyridine rings is 1. The molecule has 1 unspecified atom stereocenters. The Morgan fingerprint density at radius 1 is 1.56 bits per heavy atom. The largest absolute Gasteiger partial charge is 0.300 e. The van der Waals surface area contributed by atoms with Gasteiger partial charge in [-0.25, -0.2) is 0 Å². The van der Waals surface area contributed by atoms with E-state index in [1.54, 1.807) is 0 Å². The molecule has 1 aliphatic heterocycles. The number of rotatable bonds is 4. The third-order valence-electron chi connectivity index (χ3n) is 2.85. The number of nitriles is 1. The normalized spacial score (nSPS) is 20.8. The molecule has 1 fully saturated rings. The highest BCUT2D eigenvalue weighted by Crippen LogP contribution is 2.11. The van der Waals surface area contributed by atoms with Crippen molar-refractivity contribution in [3.8, 4) is 6.07 Å². The summed E-state index contributed by atoms with van der Waals surface area (Å²) in [4.78, 5) is 6.69. The quantitative estimate of drug-likeness (QED) is 0.755. The highest BCUT2D eigenvalue weighted by atomic mass is 15.2. The molecule has 0 radical (unpaired) electrons. The number of nitrogens with zero attached hydrogens (tertiary/aromatic N) is 3. The van der Waals surface area contributed by atoms with Gasteiger partial charge in [-0.1, -0.05) is 6.07 Å². The van der Waals surface area contributed by atoms with Crippen LogP contribution in [0.2, 0.25) is 0 Å². The second kappa shape index (κ2) is 5.59. The summed E-state index contributed by atoms with van der Waals surface area (Å²) in [6, 6.07) is 8.58. The van der Waals surface area contributed by atoms with Gasteiger partial charge < -0.3 is 5.32 Å². The summed E-state index contributed by atoms with van der Waals surface area (Å²) in [6.45, 7) is 3.45. The number of nitrogens with one attached hydrogen (secondary N) is 1. The van der Waals surface area contributed by atoms with E-state index in [0.717, 1.165) is 31.7 Å². The molecule has 1 aliphatic rings. The Kier molecular flexibility index (Phi) is 3.86. The van der Waals surface area contributed by atoms with E-state index in [1.807, 2.05) is 18.3 Å². The molecule has 2 rings (SSSR count). The summed E-state index contributed by atoms with van der Waals surface area (Å²) in [6.07, 6.45) is 2.95. The second-order valence-corrected chi connectivity index (χ2v) is 4.08. The molecule has 1 aromatic heterocycles. The fourth-order valence-corrected chi connectivity index (χ4v) is 2.05. The molecule has 1 atom stereocenters. The Bertz CT molecular complexity index is 357. The van der Waals surface area contributed by atoms with Gasteiger partial charge in [-0.3, -0.25) is 9.88 Å². The van der Waals surface area contributed by atoms with Crippen molar-refractivity contribution >= 4 is 0 Å². The average molecular weight is 216 g/mol. The fourth-order valence-electron chi connectivity index (χ4n) is 2.05. The first-order chi connectivity index (χ1) is 7.88. The molecule has 4 heteroatoms. The van der Waals surface area contributed by atoms with Crippen LogP contribution in [0.25, 0.3) is 0 Å². The van der Waals surface area contributed by atoms with Crippen LogP contribution in [0.5, 0.6) is 0 Å². The van der Waals surface area contributed by atoms with Gasteiger partial charge in [-0.15, -0.1) is 0 Å². The zero-order valence-electron chi connectivity index (χ0n) is 9.26. The van der Waals surface area contributed by atoms with Gasteiger partial charge in [0.15, 0.2) is 0 Å². The highest BCUT2D eigenvalue weighted by Gasteiger charge is 2.21. The predicted octanol–water partition coefficient (Wildman–Crippen LogP) is 0.769. The van der Waals surface area contributed by atoms with E-state index < -0.39 is 0 Å². The summed E-state index contributed by atoms with van der Waals surface area (Å²) in [7, 11) is 0. The van der Waals surface area contributed by atoms with Crippen LogP contribution < -0.4 is 5.32 Å². The van der Waals surface area contributed by atoms with Gasteiger partial charge in [-0.2, -0.15) is 5.26 Å². The standard InChI is InChI=1S/C12H16N4/c13-5-7-15-12-4-8-16(10-12)9-11-3-1-2-6-14-11/h1-3,6,12,15H,4,7-10H2. The van der Waals surface area contributed by atoms with Gasteiger partial charge in [0, 0.05) is 31.9 Å². The number of hydrogen-bond acceptors (Lipinski definition) is 4. The third kappa shape index (κ3) is 3.02. The summed E-state index contributed by atoms with van der Waals surface area (Å²) >= 11 is 0. The Labute approximate surface area is 95.9 Å². The van der Waals surface area contributed by atoms with Gasteiger partial charge in [0.2, 0.25) is 0 Å². The summed E-state index contributed by atoms with van der Waals surface area (Å²) < 4.78 is 0. The number of hydrogen-bond donors (Lipinski definition) is 1. The van der Waals surface area contributed by atoms with Crippen LogP contribution in [0.15, 0.2) is 24.4 Å². The lowest BCUT2D eigenvalue weighted by Gasteiger charge is -2.15. The maximum atomic E-state index is 8.49. The van der Waals surface area contributed by atoms with Crippen molar-refractivity contribution in [3.05, 3.63) is 30.1 Å². The van der Waals surface area contributed by atoms with Crippen molar-refractivity contribution in [2.75, 3.05) is 19.6 Å². The first kappa shape index (κ1) is 11.1. The summed E-state index contributed by atoms with van der Waals surface area (Å²) in [5.41, 5.74) is 1.11. The smallest absolute Gasteiger partial charge is 0.0843 e. The summed E-state index contributed by atoms with van der Waals surface area (Å²) in [5.74, 6) is 0. The van der Waals surface area contributed by atoms with E-state index in [1.165, 1.54) is 0 Å². The molecule has 0 amide bonds. The third-order valence-corrected chi connectivity index (χ3v) is 2.85. The number of likely N-dealkylation sites (tertiary alicyclic amines) is 1. The van der Waals surface area contributed by atoms with Gasteiger partial charge in [0.25, 0.3) is 0 Å². The molecule has 0 spiro atoms. The van der Waals surface area contributed by atoms with Gasteiger partial charge in [0.05, 0.1) is 18.3 Å². The topological polar surface area (TPSA) is 52.0 Å². The lowest BCUT2D eigenvalue weighted by molar-refractivity contribution is 0.317. The monoisotopic (exact) mass is 216 g/mol. The molecular formula is C12H16N4. The van der Waals surface area contributed by atoms with Crippen molar-refractivity contribution in [1.29, 1.82) is 5.26 Å². The van der Waals surface area contributed by atoms with E-state index in [9.17, 15) is 0 Å². The van der Waals surface area contributed by atoms with Crippen LogP contribution in [0.1, 0.15) is 12.1 Å². The average Bonchev–Trinajstić information content (AvgIpc) is 2.75. The SMILES string of the molecule is N#CCNC1CCN(Cc2ccccn2)C1. The lowest BCUT2D eigenvalue weighted by atomic mass is 10.3. The van der Waals surface area contributed by atoms with E-state index in [0.29, 0.717) is 12.6 Å². The molecule has 16 heavy (non-hydrogen) atoms. The molecule has 4 nitrogen and oxygen atoms in total. The lowest BCUT2D eigenvalue weighted by Crippen LogP contribution is -2.32. The predicted molar refractivity (Wildman–Crippen MR) is 61.5 cm³/mol. The second-order valence-electron chi connectivity index (χ2n) is 4.08. The van der Waals surface area contributed by atoms with E-state index in [-0.39, 0.29) is 0 Å². The minimum absolute atomic E-state index is 0.447. The molecule has 0 aromatic carbocycles. The zero-order valence-corrected chi connectivity index (χ0v) is 9.26. The summed E-state index contributed by atoms with van der Waals surface area (Å²) in [5, 5.41) is 11.7. The van der Waals surface area contributed by atoms with Crippen LogP contribution in [0.3, 0.4) is 0 Å². The Morgan fingerprint density at radius 3 is 3.25 bits per heavy atom. The molecule has 0 aliphatic carbocycles. The van der Waals surface area contributed by atoms with Crippen molar-refractivity contribution in [2.45, 2.75) is 19.0 Å². The first-order valence-electron chi connectivity index (χ1n) is 5.61. The van der Waals surface area contributed by atoms with E-state index >= 15 is 0 Å². The molecule has 2 heterocycles. The van der Waals surface area contributed by atoms with Crippen LogP contribution >= 0.6 is 0 Å². The maximum absolute atomic E-state index is 8.49. The van der Waals surface area contributed by atoms with E-state index in [2.05, 4.69) is 27.3 Å². The van der Waals surface area contributed by atoms with Crippen LogP contribution in [0.4, 0.5) is 0 Å². The molecule has 1 saturated heterocycles. The fraction of sp³-hybridized carbons (Fsp3) is 0.500. The highest BCUT2D eigenvalue weighted by molar-refractivity contribution is 5.03. The minimum atomic E-state index is 0.447. The minimum Gasteiger partial charge on any atom is -0.300 e. The van der Waals surface area contributed by atoms with Gasteiger partial charge in [0.1, 0.15) is 0 Å². The zero-order chi connectivity index (χ0) is 11.2. The molecule has 0 bridgehead atoms. The molecular weight excluding hydrogens is 200 g/mol.